The number of ether oxygens (including phenoxy) is 2. The van der Waals surface area contributed by atoms with Crippen LogP contribution in [0.1, 0.15) is 21.5 Å². The van der Waals surface area contributed by atoms with E-state index in [1.54, 1.807) is 11.0 Å². The highest BCUT2D eigenvalue weighted by atomic mass is 32.2. The zero-order chi connectivity index (χ0) is 23.6. The summed E-state index contributed by atoms with van der Waals surface area (Å²) < 4.78 is 51.6. The van der Waals surface area contributed by atoms with E-state index in [1.165, 1.54) is 56.7 Å². The highest BCUT2D eigenvalue weighted by Crippen LogP contribution is 2.31. The molecule has 0 aliphatic carbocycles. The quantitative estimate of drug-likeness (QED) is 0.571. The summed E-state index contributed by atoms with van der Waals surface area (Å²) >= 11 is 0. The van der Waals surface area contributed by atoms with Crippen LogP contribution in [-0.4, -0.2) is 35.1 Å². The lowest BCUT2D eigenvalue weighted by atomic mass is 10.1. The molecule has 0 saturated carbocycles. The Kier molecular flexibility index (Phi) is 6.35. The average molecular weight is 471 g/mol. The van der Waals surface area contributed by atoms with Crippen molar-refractivity contribution in [3.8, 4) is 11.5 Å². The third-order valence-electron chi connectivity index (χ3n) is 5.51. The molecule has 3 aromatic carbocycles. The molecule has 0 atom stereocenters. The van der Waals surface area contributed by atoms with E-state index in [0.29, 0.717) is 30.0 Å². The molecule has 0 spiro atoms. The monoisotopic (exact) mass is 470 g/mol. The molecule has 7 nitrogen and oxygen atoms in total. The van der Waals surface area contributed by atoms with Gasteiger partial charge in [-0.3, -0.25) is 4.79 Å². The van der Waals surface area contributed by atoms with E-state index in [9.17, 15) is 17.6 Å². The number of hydrogen-bond donors (Lipinski definition) is 1. The Morgan fingerprint density at radius 3 is 2.42 bits per heavy atom. The fraction of sp³-hybridized carbons (Fsp3) is 0.208. The van der Waals surface area contributed by atoms with Gasteiger partial charge >= 0.3 is 0 Å². The van der Waals surface area contributed by atoms with E-state index in [1.807, 2.05) is 12.1 Å². The molecule has 9 heteroatoms. The van der Waals surface area contributed by atoms with E-state index in [0.717, 1.165) is 16.8 Å². The highest BCUT2D eigenvalue weighted by molar-refractivity contribution is 7.89. The van der Waals surface area contributed by atoms with E-state index >= 15 is 0 Å². The highest BCUT2D eigenvalue weighted by Gasteiger charge is 2.26. The Hall–Kier alpha value is -3.43. The van der Waals surface area contributed by atoms with Gasteiger partial charge in [0.2, 0.25) is 10.0 Å². The van der Waals surface area contributed by atoms with Crippen LogP contribution >= 0.6 is 0 Å². The van der Waals surface area contributed by atoms with Crippen molar-refractivity contribution in [2.24, 2.45) is 0 Å². The molecule has 4 rings (SSSR count). The summed E-state index contributed by atoms with van der Waals surface area (Å²) in [4.78, 5) is 14.5. The molecular formula is C24H23FN2O5S. The molecule has 0 saturated heterocycles. The van der Waals surface area contributed by atoms with Gasteiger partial charge in [-0.2, -0.15) is 0 Å². The zero-order valence-electron chi connectivity index (χ0n) is 18.2. The van der Waals surface area contributed by atoms with Crippen LogP contribution in [0.25, 0.3) is 0 Å². The maximum atomic E-state index is 13.2. The molecule has 0 aromatic heterocycles. The lowest BCUT2D eigenvalue weighted by Crippen LogP contribution is -2.28. The van der Waals surface area contributed by atoms with E-state index in [2.05, 4.69) is 4.72 Å². The van der Waals surface area contributed by atoms with Crippen LogP contribution in [0.4, 0.5) is 10.1 Å². The molecule has 1 N–H and O–H groups in total. The SMILES string of the molecule is COc1ccc(S(=O)(=O)NCc2ccc3c(c2)CCN3C(=O)c2ccc(F)cc2)cc1OC. The summed E-state index contributed by atoms with van der Waals surface area (Å²) in [5.41, 5.74) is 2.91. The number of fused-ring (bicyclic) bond motifs is 1. The van der Waals surface area contributed by atoms with Gasteiger partial charge in [0.25, 0.3) is 5.91 Å². The molecule has 1 heterocycles. The van der Waals surface area contributed by atoms with Crippen molar-refractivity contribution >= 4 is 21.6 Å². The molecular weight excluding hydrogens is 447 g/mol. The Morgan fingerprint density at radius 2 is 1.73 bits per heavy atom. The van der Waals surface area contributed by atoms with Gasteiger partial charge in [-0.25, -0.2) is 17.5 Å². The predicted molar refractivity (Wildman–Crippen MR) is 122 cm³/mol. The topological polar surface area (TPSA) is 84.9 Å². The van der Waals surface area contributed by atoms with Gasteiger partial charge in [0.05, 0.1) is 19.1 Å². The number of carbonyl (C=O) groups excluding carboxylic acids is 1. The number of halogens is 1. The van der Waals surface area contributed by atoms with Crippen molar-refractivity contribution in [1.82, 2.24) is 4.72 Å². The Balaban J connectivity index is 1.48. The molecule has 1 aliphatic rings. The molecule has 0 bridgehead atoms. The van der Waals surface area contributed by atoms with Crippen molar-refractivity contribution in [1.29, 1.82) is 0 Å². The molecule has 0 unspecified atom stereocenters. The molecule has 3 aromatic rings. The second kappa shape index (κ2) is 9.21. The second-order valence-electron chi connectivity index (χ2n) is 7.52. The van der Waals surface area contributed by atoms with Gasteiger partial charge in [0.15, 0.2) is 11.5 Å². The van der Waals surface area contributed by atoms with Gasteiger partial charge < -0.3 is 14.4 Å². The third kappa shape index (κ3) is 4.69. The lowest BCUT2D eigenvalue weighted by Gasteiger charge is -2.18. The van der Waals surface area contributed by atoms with Crippen molar-refractivity contribution in [2.75, 3.05) is 25.7 Å². The predicted octanol–water partition coefficient (Wildman–Crippen LogP) is 3.52. The van der Waals surface area contributed by atoms with Crippen LogP contribution in [0.5, 0.6) is 11.5 Å². The third-order valence-corrected chi connectivity index (χ3v) is 6.91. The Morgan fingerprint density at radius 1 is 1.00 bits per heavy atom. The van der Waals surface area contributed by atoms with Crippen molar-refractivity contribution in [2.45, 2.75) is 17.9 Å². The van der Waals surface area contributed by atoms with Crippen molar-refractivity contribution in [3.05, 3.63) is 83.2 Å². The number of amides is 1. The Bertz CT molecular complexity index is 1290. The summed E-state index contributed by atoms with van der Waals surface area (Å²) in [5.74, 6) is 0.169. The smallest absolute Gasteiger partial charge is 0.258 e. The first-order valence-electron chi connectivity index (χ1n) is 10.2. The number of nitrogens with zero attached hydrogens (tertiary/aromatic N) is 1. The lowest BCUT2D eigenvalue weighted by molar-refractivity contribution is 0.0989. The minimum atomic E-state index is -3.77. The van der Waals surface area contributed by atoms with E-state index in [-0.39, 0.29) is 17.3 Å². The number of hydrogen-bond acceptors (Lipinski definition) is 5. The first-order chi connectivity index (χ1) is 15.8. The number of nitrogens with one attached hydrogen (secondary N) is 1. The molecule has 0 fully saturated rings. The van der Waals surface area contributed by atoms with E-state index < -0.39 is 15.8 Å². The summed E-state index contributed by atoms with van der Waals surface area (Å²) in [5, 5.41) is 0. The Labute approximate surface area is 191 Å². The van der Waals surface area contributed by atoms with Gasteiger partial charge in [0.1, 0.15) is 5.82 Å². The zero-order valence-corrected chi connectivity index (χ0v) is 19.0. The van der Waals surface area contributed by atoms with Crippen LogP contribution < -0.4 is 19.1 Å². The second-order valence-corrected chi connectivity index (χ2v) is 9.29. The molecule has 1 amide bonds. The van der Waals surface area contributed by atoms with Crippen LogP contribution in [0, 0.1) is 5.82 Å². The normalized spacial score (nSPS) is 13.0. The minimum absolute atomic E-state index is 0.0670. The number of sulfonamides is 1. The van der Waals surface area contributed by atoms with Crippen LogP contribution in [0.2, 0.25) is 0 Å². The van der Waals surface area contributed by atoms with Crippen LogP contribution in [-0.2, 0) is 23.0 Å². The van der Waals surface area contributed by atoms with Gasteiger partial charge in [-0.15, -0.1) is 0 Å². The minimum Gasteiger partial charge on any atom is -0.493 e. The molecule has 0 radical (unpaired) electrons. The fourth-order valence-electron chi connectivity index (χ4n) is 3.77. The largest absolute Gasteiger partial charge is 0.493 e. The fourth-order valence-corrected chi connectivity index (χ4v) is 4.80. The summed E-state index contributed by atoms with van der Waals surface area (Å²) in [6.07, 6.45) is 0.651. The molecule has 172 valence electrons. The van der Waals surface area contributed by atoms with Crippen LogP contribution in [0.15, 0.2) is 65.6 Å². The number of benzene rings is 3. The number of rotatable bonds is 7. The standard InChI is InChI=1S/C24H23FN2O5S/c1-31-22-10-8-20(14-23(22)32-2)33(29,30)26-15-16-3-9-21-18(13-16)11-12-27(21)24(28)17-4-6-19(25)7-5-17/h3-10,13-14,26H,11-12,15H2,1-2H3. The molecule has 33 heavy (non-hydrogen) atoms. The van der Waals surface area contributed by atoms with Gasteiger partial charge in [0, 0.05) is 30.4 Å². The van der Waals surface area contributed by atoms with Gasteiger partial charge in [-0.1, -0.05) is 12.1 Å². The molecule has 1 aliphatic heterocycles. The van der Waals surface area contributed by atoms with Crippen molar-refractivity contribution < 1.29 is 27.1 Å². The maximum Gasteiger partial charge on any atom is 0.258 e. The number of anilines is 1. The maximum absolute atomic E-state index is 13.2. The average Bonchev–Trinajstić information content (AvgIpc) is 3.25. The van der Waals surface area contributed by atoms with Crippen LogP contribution in [0.3, 0.4) is 0 Å². The van der Waals surface area contributed by atoms with E-state index in [4.69, 9.17) is 9.47 Å². The summed E-state index contributed by atoms with van der Waals surface area (Å²) in [6.45, 7) is 0.599. The number of methoxy groups -OCH3 is 2. The summed E-state index contributed by atoms with van der Waals surface area (Å²) in [6, 6.07) is 15.3. The first-order valence-corrected chi connectivity index (χ1v) is 11.7. The first kappa shape index (κ1) is 22.8. The number of carbonyl (C=O) groups is 1. The summed E-state index contributed by atoms with van der Waals surface area (Å²) in [7, 11) is -0.855. The van der Waals surface area contributed by atoms with Crippen molar-refractivity contribution in [3.63, 3.8) is 0 Å². The van der Waals surface area contributed by atoms with Gasteiger partial charge in [-0.05, 0) is 60.0 Å².